The van der Waals surface area contributed by atoms with Crippen molar-refractivity contribution in [3.8, 4) is 0 Å². The highest BCUT2D eigenvalue weighted by Gasteiger charge is 2.39. The van der Waals surface area contributed by atoms with Gasteiger partial charge in [-0.1, -0.05) is 0 Å². The predicted molar refractivity (Wildman–Crippen MR) is 50.6 cm³/mol. The van der Waals surface area contributed by atoms with Crippen molar-refractivity contribution in [2.75, 3.05) is 19.7 Å². The van der Waals surface area contributed by atoms with Crippen LogP contribution in [0.1, 0.15) is 12.8 Å². The molecule has 0 aromatic rings. The molecule has 17 heavy (non-hydrogen) atoms. The number of hydrogen-bond donors (Lipinski definition) is 2. The van der Waals surface area contributed by atoms with E-state index in [2.05, 4.69) is 0 Å². The van der Waals surface area contributed by atoms with E-state index in [1.54, 1.807) is 0 Å². The standard InChI is InChI=1S/C9H14F3NO4/c10-9(11,12)7(14)5-17-6-1-3-13(4-2-6)8(15)16/h6-7,14H,1-5H2,(H,15,16). The average molecular weight is 257 g/mol. The average Bonchev–Trinajstić information content (AvgIpc) is 2.25. The Hall–Kier alpha value is -1.02. The van der Waals surface area contributed by atoms with Crippen molar-refractivity contribution in [2.24, 2.45) is 0 Å². The van der Waals surface area contributed by atoms with Gasteiger partial charge in [-0.15, -0.1) is 0 Å². The third kappa shape index (κ3) is 4.39. The Kier molecular flexibility index (Phi) is 4.58. The summed E-state index contributed by atoms with van der Waals surface area (Å²) >= 11 is 0. The van der Waals surface area contributed by atoms with Crippen LogP contribution < -0.4 is 0 Å². The van der Waals surface area contributed by atoms with Crippen LogP contribution >= 0.6 is 0 Å². The number of alkyl halides is 3. The van der Waals surface area contributed by atoms with Gasteiger partial charge in [-0.2, -0.15) is 13.2 Å². The Morgan fingerprint density at radius 2 is 1.94 bits per heavy atom. The van der Waals surface area contributed by atoms with Crippen LogP contribution in [0.2, 0.25) is 0 Å². The largest absolute Gasteiger partial charge is 0.465 e. The Labute approximate surface area is 95.8 Å². The van der Waals surface area contributed by atoms with Gasteiger partial charge in [0.25, 0.3) is 0 Å². The van der Waals surface area contributed by atoms with Gasteiger partial charge in [0.05, 0.1) is 12.7 Å². The lowest BCUT2D eigenvalue weighted by molar-refractivity contribution is -0.222. The molecule has 1 rings (SSSR count). The minimum Gasteiger partial charge on any atom is -0.465 e. The molecule has 0 radical (unpaired) electrons. The van der Waals surface area contributed by atoms with E-state index in [9.17, 15) is 18.0 Å². The number of amides is 1. The number of rotatable bonds is 3. The number of halogens is 3. The number of hydrogen-bond acceptors (Lipinski definition) is 3. The summed E-state index contributed by atoms with van der Waals surface area (Å²) < 4.78 is 40.8. The van der Waals surface area contributed by atoms with Gasteiger partial charge >= 0.3 is 12.3 Å². The molecular formula is C9H14F3NO4. The summed E-state index contributed by atoms with van der Waals surface area (Å²) in [7, 11) is 0. The van der Waals surface area contributed by atoms with Crippen LogP contribution in [0.15, 0.2) is 0 Å². The van der Waals surface area contributed by atoms with Crippen LogP contribution in [0.4, 0.5) is 18.0 Å². The van der Waals surface area contributed by atoms with Crippen molar-refractivity contribution in [3.63, 3.8) is 0 Å². The van der Waals surface area contributed by atoms with Crippen LogP contribution in [0.5, 0.6) is 0 Å². The molecule has 1 saturated heterocycles. The first-order chi connectivity index (χ1) is 7.80. The third-order valence-electron chi connectivity index (χ3n) is 2.58. The maximum Gasteiger partial charge on any atom is 0.416 e. The van der Waals surface area contributed by atoms with Gasteiger partial charge in [-0.3, -0.25) is 0 Å². The molecule has 5 nitrogen and oxygen atoms in total. The highest BCUT2D eigenvalue weighted by atomic mass is 19.4. The summed E-state index contributed by atoms with van der Waals surface area (Å²) in [5.74, 6) is 0. The maximum atomic E-state index is 12.0. The van der Waals surface area contributed by atoms with Gasteiger partial charge in [0.2, 0.25) is 0 Å². The molecule has 1 atom stereocenters. The summed E-state index contributed by atoms with van der Waals surface area (Å²) in [5.41, 5.74) is 0. The van der Waals surface area contributed by atoms with Crippen LogP contribution in [0, 0.1) is 0 Å². The second-order valence-corrected chi connectivity index (χ2v) is 3.86. The molecule has 1 fully saturated rings. The Balaban J connectivity index is 2.25. The number of piperidine rings is 1. The highest BCUT2D eigenvalue weighted by Crippen LogP contribution is 2.21. The van der Waals surface area contributed by atoms with E-state index in [1.807, 2.05) is 0 Å². The van der Waals surface area contributed by atoms with E-state index in [1.165, 1.54) is 4.90 Å². The topological polar surface area (TPSA) is 70.0 Å². The Morgan fingerprint density at radius 1 is 1.41 bits per heavy atom. The lowest BCUT2D eigenvalue weighted by atomic mass is 10.1. The van der Waals surface area contributed by atoms with E-state index in [4.69, 9.17) is 14.9 Å². The minimum atomic E-state index is -4.68. The Bertz CT molecular complexity index is 263. The second-order valence-electron chi connectivity index (χ2n) is 3.86. The molecule has 100 valence electrons. The first-order valence-electron chi connectivity index (χ1n) is 5.15. The molecule has 0 aromatic carbocycles. The molecule has 1 aliphatic rings. The first-order valence-corrected chi connectivity index (χ1v) is 5.15. The number of aliphatic hydroxyl groups excluding tert-OH is 1. The molecule has 0 aliphatic carbocycles. The summed E-state index contributed by atoms with van der Waals surface area (Å²) in [5, 5.41) is 17.3. The molecule has 0 spiro atoms. The van der Waals surface area contributed by atoms with Gasteiger partial charge in [0, 0.05) is 13.1 Å². The molecule has 0 bridgehead atoms. The summed E-state index contributed by atoms with van der Waals surface area (Å²) in [6.45, 7) is -0.328. The number of ether oxygens (including phenoxy) is 1. The van der Waals surface area contributed by atoms with Crippen molar-refractivity contribution < 1.29 is 32.9 Å². The second kappa shape index (κ2) is 5.54. The van der Waals surface area contributed by atoms with E-state index < -0.39 is 31.1 Å². The summed E-state index contributed by atoms with van der Waals surface area (Å²) in [4.78, 5) is 11.7. The predicted octanol–water partition coefficient (Wildman–Crippen LogP) is 1.07. The quantitative estimate of drug-likeness (QED) is 0.793. The fourth-order valence-corrected chi connectivity index (χ4v) is 1.54. The van der Waals surface area contributed by atoms with Crippen molar-refractivity contribution in [2.45, 2.75) is 31.2 Å². The molecule has 0 aromatic heterocycles. The zero-order chi connectivity index (χ0) is 13.1. The lowest BCUT2D eigenvalue weighted by Gasteiger charge is -2.30. The molecule has 1 aliphatic heterocycles. The monoisotopic (exact) mass is 257 g/mol. The lowest BCUT2D eigenvalue weighted by Crippen LogP contribution is -2.42. The van der Waals surface area contributed by atoms with Crippen LogP contribution in [0.3, 0.4) is 0 Å². The molecule has 0 saturated carbocycles. The number of carboxylic acid groups (broad SMARTS) is 1. The van der Waals surface area contributed by atoms with Crippen LogP contribution in [0.25, 0.3) is 0 Å². The minimum absolute atomic E-state index is 0.238. The zero-order valence-corrected chi connectivity index (χ0v) is 8.98. The van der Waals surface area contributed by atoms with Gasteiger partial charge in [0.1, 0.15) is 0 Å². The number of nitrogens with zero attached hydrogens (tertiary/aromatic N) is 1. The SMILES string of the molecule is O=C(O)N1CCC(OCC(O)C(F)(F)F)CC1. The van der Waals surface area contributed by atoms with Gasteiger partial charge in [-0.25, -0.2) is 4.79 Å². The molecule has 2 N–H and O–H groups in total. The highest BCUT2D eigenvalue weighted by molar-refractivity contribution is 5.64. The van der Waals surface area contributed by atoms with Crippen LogP contribution in [-0.4, -0.2) is 59.3 Å². The molecule has 1 unspecified atom stereocenters. The normalized spacial score (nSPS) is 20.4. The van der Waals surface area contributed by atoms with E-state index in [0.29, 0.717) is 12.8 Å². The summed E-state index contributed by atoms with van der Waals surface area (Å²) in [6.07, 6.45) is -7.95. The number of carbonyl (C=O) groups is 1. The van der Waals surface area contributed by atoms with Crippen LogP contribution in [-0.2, 0) is 4.74 Å². The van der Waals surface area contributed by atoms with Gasteiger partial charge in [-0.05, 0) is 12.8 Å². The van der Waals surface area contributed by atoms with Gasteiger partial charge in [0.15, 0.2) is 6.10 Å². The fraction of sp³-hybridized carbons (Fsp3) is 0.889. The number of aliphatic hydroxyl groups is 1. The molecule has 8 heteroatoms. The molecule has 1 amide bonds. The van der Waals surface area contributed by atoms with E-state index in [0.717, 1.165) is 0 Å². The van der Waals surface area contributed by atoms with Crippen molar-refractivity contribution in [1.82, 2.24) is 4.90 Å². The van der Waals surface area contributed by atoms with Crippen molar-refractivity contribution in [1.29, 1.82) is 0 Å². The Morgan fingerprint density at radius 3 is 2.35 bits per heavy atom. The smallest absolute Gasteiger partial charge is 0.416 e. The van der Waals surface area contributed by atoms with Gasteiger partial charge < -0.3 is 19.8 Å². The first kappa shape index (κ1) is 14.0. The molecule has 1 heterocycles. The fourth-order valence-electron chi connectivity index (χ4n) is 1.54. The number of likely N-dealkylation sites (tertiary alicyclic amines) is 1. The maximum absolute atomic E-state index is 12.0. The van der Waals surface area contributed by atoms with Crippen molar-refractivity contribution >= 4 is 6.09 Å². The van der Waals surface area contributed by atoms with Crippen molar-refractivity contribution in [3.05, 3.63) is 0 Å². The van der Waals surface area contributed by atoms with E-state index in [-0.39, 0.29) is 13.1 Å². The zero-order valence-electron chi connectivity index (χ0n) is 8.98. The summed E-state index contributed by atoms with van der Waals surface area (Å²) in [6, 6.07) is 0. The molecular weight excluding hydrogens is 243 g/mol. The van der Waals surface area contributed by atoms with E-state index >= 15 is 0 Å². The third-order valence-corrected chi connectivity index (χ3v) is 2.58.